The molecule has 0 saturated carbocycles. The predicted octanol–water partition coefficient (Wildman–Crippen LogP) is 5.92. The molecule has 0 aliphatic carbocycles. The van der Waals surface area contributed by atoms with E-state index in [-0.39, 0.29) is 0 Å². The topological polar surface area (TPSA) is 12.0 Å². The van der Waals surface area contributed by atoms with Crippen LogP contribution in [0.4, 0.5) is 5.69 Å². The van der Waals surface area contributed by atoms with Crippen molar-refractivity contribution in [3.63, 3.8) is 0 Å². The van der Waals surface area contributed by atoms with Gasteiger partial charge in [-0.3, -0.25) is 0 Å². The monoisotopic (exact) mass is 311 g/mol. The van der Waals surface area contributed by atoms with Crippen LogP contribution in [0.3, 0.4) is 0 Å². The minimum absolute atomic E-state index is 0.556. The van der Waals surface area contributed by atoms with Crippen LogP contribution in [0.15, 0.2) is 22.7 Å². The van der Waals surface area contributed by atoms with Crippen molar-refractivity contribution in [1.82, 2.24) is 0 Å². The van der Waals surface area contributed by atoms with Crippen LogP contribution in [0.1, 0.15) is 57.9 Å². The minimum Gasteiger partial charge on any atom is -0.383 e. The maximum absolute atomic E-state index is 3.58. The highest BCUT2D eigenvalue weighted by molar-refractivity contribution is 9.10. The number of anilines is 1. The first kappa shape index (κ1) is 15.6. The molecule has 0 heterocycles. The zero-order chi connectivity index (χ0) is 13.4. The third kappa shape index (κ3) is 6.44. The third-order valence-electron chi connectivity index (χ3n) is 3.20. The molecule has 2 heteroatoms. The average molecular weight is 312 g/mol. The molecule has 0 aromatic heterocycles. The van der Waals surface area contributed by atoms with Gasteiger partial charge in [-0.05, 0) is 44.0 Å². The molecule has 102 valence electrons. The molecule has 1 rings (SSSR count). The second-order valence-corrected chi connectivity index (χ2v) is 6.18. The molecule has 1 aromatic carbocycles. The van der Waals surface area contributed by atoms with Crippen LogP contribution < -0.4 is 5.32 Å². The lowest BCUT2D eigenvalue weighted by molar-refractivity contribution is 0.578. The quantitative estimate of drug-likeness (QED) is 0.588. The first-order chi connectivity index (χ1) is 8.61. The van der Waals surface area contributed by atoms with Crippen LogP contribution in [0, 0.1) is 6.92 Å². The van der Waals surface area contributed by atoms with Crippen LogP contribution in [0.25, 0.3) is 0 Å². The molecule has 1 atom stereocenters. The van der Waals surface area contributed by atoms with Crippen LogP contribution in [-0.2, 0) is 0 Å². The van der Waals surface area contributed by atoms with Crippen molar-refractivity contribution in [1.29, 1.82) is 0 Å². The molecule has 0 aliphatic heterocycles. The van der Waals surface area contributed by atoms with Gasteiger partial charge in [0, 0.05) is 16.2 Å². The zero-order valence-electron chi connectivity index (χ0n) is 11.9. The Morgan fingerprint density at radius 2 is 1.83 bits per heavy atom. The molecule has 1 N–H and O–H groups in total. The second-order valence-electron chi connectivity index (χ2n) is 5.27. The van der Waals surface area contributed by atoms with Crippen LogP contribution >= 0.6 is 15.9 Å². The first-order valence-electron chi connectivity index (χ1n) is 7.15. The summed E-state index contributed by atoms with van der Waals surface area (Å²) in [6.07, 6.45) is 8.06. The molecule has 18 heavy (non-hydrogen) atoms. The number of hydrogen-bond donors (Lipinski definition) is 1. The van der Waals surface area contributed by atoms with E-state index >= 15 is 0 Å². The molecular formula is C16H26BrN. The van der Waals surface area contributed by atoms with Gasteiger partial charge in [0.15, 0.2) is 0 Å². The standard InChI is InChI=1S/C16H26BrN/c1-4-5-6-7-8-9-14(3)18-16-11-13(2)10-15(17)12-16/h10-12,14,18H,4-9H2,1-3H3. The summed E-state index contributed by atoms with van der Waals surface area (Å²) in [6, 6.07) is 7.06. The minimum atomic E-state index is 0.556. The van der Waals surface area contributed by atoms with E-state index in [9.17, 15) is 0 Å². The Balaban J connectivity index is 2.28. The number of rotatable bonds is 8. The van der Waals surface area contributed by atoms with E-state index in [4.69, 9.17) is 0 Å². The second kappa shape index (κ2) is 8.58. The zero-order valence-corrected chi connectivity index (χ0v) is 13.5. The Hall–Kier alpha value is -0.500. The summed E-state index contributed by atoms with van der Waals surface area (Å²) in [6.45, 7) is 6.67. The van der Waals surface area contributed by atoms with Gasteiger partial charge in [-0.1, -0.05) is 55.0 Å². The molecule has 0 fully saturated rings. The number of nitrogens with one attached hydrogen (secondary N) is 1. The number of aryl methyl sites for hydroxylation is 1. The third-order valence-corrected chi connectivity index (χ3v) is 3.65. The fourth-order valence-corrected chi connectivity index (χ4v) is 2.84. The number of halogens is 1. The lowest BCUT2D eigenvalue weighted by Gasteiger charge is -2.16. The smallest absolute Gasteiger partial charge is 0.0356 e. The lowest BCUT2D eigenvalue weighted by Crippen LogP contribution is -2.14. The Kier molecular flexibility index (Phi) is 7.41. The Morgan fingerprint density at radius 3 is 2.50 bits per heavy atom. The van der Waals surface area contributed by atoms with E-state index in [0.717, 1.165) is 4.47 Å². The van der Waals surface area contributed by atoms with Crippen LogP contribution in [0.2, 0.25) is 0 Å². The number of hydrogen-bond acceptors (Lipinski definition) is 1. The number of unbranched alkanes of at least 4 members (excludes halogenated alkanes) is 4. The van der Waals surface area contributed by atoms with Gasteiger partial charge in [-0.15, -0.1) is 0 Å². The molecular weight excluding hydrogens is 286 g/mol. The molecule has 0 bridgehead atoms. The molecule has 0 radical (unpaired) electrons. The summed E-state index contributed by atoms with van der Waals surface area (Å²) >= 11 is 3.54. The van der Waals surface area contributed by atoms with E-state index in [0.29, 0.717) is 6.04 Å². The SMILES string of the molecule is CCCCCCCC(C)Nc1cc(C)cc(Br)c1. The van der Waals surface area contributed by atoms with E-state index in [1.165, 1.54) is 49.8 Å². The highest BCUT2D eigenvalue weighted by atomic mass is 79.9. The van der Waals surface area contributed by atoms with Gasteiger partial charge >= 0.3 is 0 Å². The van der Waals surface area contributed by atoms with E-state index in [1.54, 1.807) is 0 Å². The highest BCUT2D eigenvalue weighted by Gasteiger charge is 2.03. The summed E-state index contributed by atoms with van der Waals surface area (Å²) in [5.74, 6) is 0. The van der Waals surface area contributed by atoms with Crippen molar-refractivity contribution in [2.75, 3.05) is 5.32 Å². The van der Waals surface area contributed by atoms with Crippen molar-refractivity contribution < 1.29 is 0 Å². The van der Waals surface area contributed by atoms with Crippen molar-refractivity contribution in [3.05, 3.63) is 28.2 Å². The maximum Gasteiger partial charge on any atom is 0.0356 e. The van der Waals surface area contributed by atoms with E-state index in [1.807, 2.05) is 0 Å². The fraction of sp³-hybridized carbons (Fsp3) is 0.625. The van der Waals surface area contributed by atoms with Crippen molar-refractivity contribution in [2.24, 2.45) is 0 Å². The summed E-state index contributed by atoms with van der Waals surface area (Å²) in [5, 5.41) is 3.58. The van der Waals surface area contributed by atoms with Gasteiger partial charge in [-0.25, -0.2) is 0 Å². The lowest BCUT2D eigenvalue weighted by atomic mass is 10.1. The summed E-state index contributed by atoms with van der Waals surface area (Å²) < 4.78 is 1.15. The van der Waals surface area contributed by atoms with E-state index in [2.05, 4.69) is 60.2 Å². The summed E-state index contributed by atoms with van der Waals surface area (Å²) in [4.78, 5) is 0. The van der Waals surface area contributed by atoms with Gasteiger partial charge in [0.2, 0.25) is 0 Å². The summed E-state index contributed by atoms with van der Waals surface area (Å²) in [5.41, 5.74) is 2.52. The first-order valence-corrected chi connectivity index (χ1v) is 7.95. The molecule has 1 unspecified atom stereocenters. The normalized spacial score (nSPS) is 12.4. The Bertz CT molecular complexity index is 329. The largest absolute Gasteiger partial charge is 0.383 e. The van der Waals surface area contributed by atoms with Crippen molar-refractivity contribution in [3.8, 4) is 0 Å². The Labute approximate surface area is 120 Å². The maximum atomic E-state index is 3.58. The number of benzene rings is 1. The molecule has 0 aliphatic rings. The van der Waals surface area contributed by atoms with Crippen LogP contribution in [0.5, 0.6) is 0 Å². The van der Waals surface area contributed by atoms with Crippen molar-refractivity contribution >= 4 is 21.6 Å². The Morgan fingerprint density at radius 1 is 1.11 bits per heavy atom. The summed E-state index contributed by atoms with van der Waals surface area (Å²) in [7, 11) is 0. The highest BCUT2D eigenvalue weighted by Crippen LogP contribution is 2.20. The van der Waals surface area contributed by atoms with Gasteiger partial charge in [0.1, 0.15) is 0 Å². The van der Waals surface area contributed by atoms with Gasteiger partial charge < -0.3 is 5.32 Å². The van der Waals surface area contributed by atoms with Crippen molar-refractivity contribution in [2.45, 2.75) is 65.3 Å². The molecule has 0 amide bonds. The van der Waals surface area contributed by atoms with Crippen LogP contribution in [-0.4, -0.2) is 6.04 Å². The predicted molar refractivity (Wildman–Crippen MR) is 85.3 cm³/mol. The fourth-order valence-electron chi connectivity index (χ4n) is 2.23. The molecule has 1 aromatic rings. The molecule has 0 saturated heterocycles. The van der Waals surface area contributed by atoms with Gasteiger partial charge in [0.05, 0.1) is 0 Å². The van der Waals surface area contributed by atoms with Gasteiger partial charge in [-0.2, -0.15) is 0 Å². The van der Waals surface area contributed by atoms with Gasteiger partial charge in [0.25, 0.3) is 0 Å². The van der Waals surface area contributed by atoms with E-state index < -0.39 is 0 Å². The molecule has 0 spiro atoms. The molecule has 1 nitrogen and oxygen atoms in total. The average Bonchev–Trinajstić information content (AvgIpc) is 2.27.